The van der Waals surface area contributed by atoms with Crippen molar-refractivity contribution >= 4 is 34.2 Å². The molecule has 0 aliphatic rings. The van der Waals surface area contributed by atoms with Gasteiger partial charge in [-0.05, 0) is 60.2 Å². The molecule has 9 heteroatoms. The van der Waals surface area contributed by atoms with Crippen molar-refractivity contribution < 1.29 is 9.59 Å². The number of fused-ring (bicyclic) bond motifs is 1. The molecule has 34 heavy (non-hydrogen) atoms. The van der Waals surface area contributed by atoms with Gasteiger partial charge < -0.3 is 16.4 Å². The number of nitrogens with two attached hydrogens (primary N) is 1. The molecule has 0 radical (unpaired) electrons. The molecular formula is C25H21N7O2. The van der Waals surface area contributed by atoms with Gasteiger partial charge in [0.2, 0.25) is 0 Å². The number of carbonyl (C=O) groups is 2. The quantitative estimate of drug-likeness (QED) is 0.395. The van der Waals surface area contributed by atoms with Gasteiger partial charge in [0.05, 0.1) is 17.3 Å². The van der Waals surface area contributed by atoms with Crippen LogP contribution in [0, 0.1) is 18.3 Å². The number of nitrogens with zero attached hydrogens (tertiary/aromatic N) is 4. The molecule has 0 atom stereocenters. The third-order valence-corrected chi connectivity index (χ3v) is 5.26. The standard InChI is InChI=1S/C25H21N7O2/c1-15-5-7-28-13-19(15)21-10-18-11-22(30-14-20(18)23(27)31-21)32-25(34)24(33)29-8-6-16-3-2-4-17(9-16)12-26/h2-5,7,9-11,13-14H,6,8H2,1H3,(H2,27,31)(H,29,33)(H,30,32,34). The average Bonchev–Trinajstić information content (AvgIpc) is 2.84. The first-order chi connectivity index (χ1) is 16.4. The van der Waals surface area contributed by atoms with Crippen LogP contribution in [0.4, 0.5) is 11.6 Å². The lowest BCUT2D eigenvalue weighted by Crippen LogP contribution is -2.36. The van der Waals surface area contributed by atoms with Crippen LogP contribution in [0.5, 0.6) is 0 Å². The fourth-order valence-corrected chi connectivity index (χ4v) is 3.48. The Labute approximate surface area is 195 Å². The lowest BCUT2D eigenvalue weighted by atomic mass is 10.1. The second kappa shape index (κ2) is 9.75. The van der Waals surface area contributed by atoms with E-state index in [1.54, 1.807) is 36.7 Å². The van der Waals surface area contributed by atoms with Crippen LogP contribution >= 0.6 is 0 Å². The van der Waals surface area contributed by atoms with Gasteiger partial charge in [-0.1, -0.05) is 12.1 Å². The van der Waals surface area contributed by atoms with Crippen LogP contribution in [-0.2, 0) is 16.0 Å². The summed E-state index contributed by atoms with van der Waals surface area (Å²) in [5.74, 6) is -1.09. The fourth-order valence-electron chi connectivity index (χ4n) is 3.48. The Hall–Kier alpha value is -4.84. The first kappa shape index (κ1) is 22.4. The van der Waals surface area contributed by atoms with E-state index < -0.39 is 11.8 Å². The number of nitrogens with one attached hydrogen (secondary N) is 2. The van der Waals surface area contributed by atoms with Crippen molar-refractivity contribution in [1.29, 1.82) is 5.26 Å². The fraction of sp³-hybridized carbons (Fsp3) is 0.120. The highest BCUT2D eigenvalue weighted by molar-refractivity contribution is 6.39. The van der Waals surface area contributed by atoms with Crippen LogP contribution in [0.2, 0.25) is 0 Å². The van der Waals surface area contributed by atoms with Gasteiger partial charge in [-0.15, -0.1) is 0 Å². The average molecular weight is 451 g/mol. The highest BCUT2D eigenvalue weighted by Gasteiger charge is 2.15. The van der Waals surface area contributed by atoms with E-state index in [0.717, 1.165) is 16.7 Å². The Morgan fingerprint density at radius 1 is 1.12 bits per heavy atom. The smallest absolute Gasteiger partial charge is 0.314 e. The zero-order valence-corrected chi connectivity index (χ0v) is 18.4. The monoisotopic (exact) mass is 451 g/mol. The summed E-state index contributed by atoms with van der Waals surface area (Å²) in [5.41, 5.74) is 10.1. The van der Waals surface area contributed by atoms with Crippen LogP contribution < -0.4 is 16.4 Å². The Kier molecular flexibility index (Phi) is 6.41. The van der Waals surface area contributed by atoms with E-state index in [1.165, 1.54) is 6.20 Å². The van der Waals surface area contributed by atoms with Gasteiger partial charge in [-0.2, -0.15) is 5.26 Å². The topological polar surface area (TPSA) is 147 Å². The van der Waals surface area contributed by atoms with Crippen molar-refractivity contribution in [2.24, 2.45) is 0 Å². The minimum Gasteiger partial charge on any atom is -0.383 e. The zero-order chi connectivity index (χ0) is 24.1. The molecule has 168 valence electrons. The number of amides is 2. The summed E-state index contributed by atoms with van der Waals surface area (Å²) in [5, 5.41) is 15.4. The van der Waals surface area contributed by atoms with E-state index in [1.807, 2.05) is 25.1 Å². The summed E-state index contributed by atoms with van der Waals surface area (Å²) in [7, 11) is 0. The Morgan fingerprint density at radius 2 is 1.97 bits per heavy atom. The molecular weight excluding hydrogens is 430 g/mol. The molecule has 3 heterocycles. The number of hydrogen-bond acceptors (Lipinski definition) is 7. The molecule has 0 saturated heterocycles. The predicted molar refractivity (Wildman–Crippen MR) is 128 cm³/mol. The Bertz CT molecular complexity index is 1440. The summed E-state index contributed by atoms with van der Waals surface area (Å²) in [6.07, 6.45) is 5.42. The zero-order valence-electron chi connectivity index (χ0n) is 18.4. The molecule has 4 aromatic rings. The minimum absolute atomic E-state index is 0.217. The van der Waals surface area contributed by atoms with Crippen molar-refractivity contribution in [3.05, 3.63) is 77.7 Å². The molecule has 2 amide bonds. The SMILES string of the molecule is Cc1ccncc1-c1cc2cc(NC(=O)C(=O)NCCc3cccc(C#N)c3)ncc2c(N)n1. The summed E-state index contributed by atoms with van der Waals surface area (Å²) in [6.45, 7) is 2.21. The van der Waals surface area contributed by atoms with Crippen LogP contribution in [0.15, 0.2) is 61.1 Å². The second-order valence-corrected chi connectivity index (χ2v) is 7.65. The molecule has 9 nitrogen and oxygen atoms in total. The Balaban J connectivity index is 1.44. The van der Waals surface area contributed by atoms with Crippen molar-refractivity contribution in [3.8, 4) is 17.3 Å². The lowest BCUT2D eigenvalue weighted by Gasteiger charge is -2.10. The largest absolute Gasteiger partial charge is 0.383 e. The molecule has 0 aliphatic carbocycles. The van der Waals surface area contributed by atoms with Crippen molar-refractivity contribution in [3.63, 3.8) is 0 Å². The number of pyridine rings is 3. The number of nitrogen functional groups attached to an aromatic ring is 1. The van der Waals surface area contributed by atoms with Gasteiger partial charge in [-0.3, -0.25) is 14.6 Å². The number of nitriles is 1. The molecule has 0 bridgehead atoms. The maximum absolute atomic E-state index is 12.3. The molecule has 0 spiro atoms. The number of aromatic nitrogens is 3. The second-order valence-electron chi connectivity index (χ2n) is 7.65. The lowest BCUT2D eigenvalue weighted by molar-refractivity contribution is -0.136. The van der Waals surface area contributed by atoms with Crippen LogP contribution in [0.3, 0.4) is 0 Å². The van der Waals surface area contributed by atoms with E-state index in [0.29, 0.717) is 34.3 Å². The first-order valence-corrected chi connectivity index (χ1v) is 10.5. The molecule has 1 aromatic carbocycles. The Morgan fingerprint density at radius 3 is 2.76 bits per heavy atom. The highest BCUT2D eigenvalue weighted by Crippen LogP contribution is 2.28. The van der Waals surface area contributed by atoms with Gasteiger partial charge in [0.25, 0.3) is 0 Å². The molecule has 4 N–H and O–H groups in total. The van der Waals surface area contributed by atoms with Crippen LogP contribution in [-0.4, -0.2) is 33.3 Å². The van der Waals surface area contributed by atoms with Crippen molar-refractivity contribution in [2.45, 2.75) is 13.3 Å². The number of benzene rings is 1. The van der Waals surface area contributed by atoms with Crippen molar-refractivity contribution in [2.75, 3.05) is 17.6 Å². The van der Waals surface area contributed by atoms with Gasteiger partial charge in [-0.25, -0.2) is 9.97 Å². The van der Waals surface area contributed by atoms with E-state index in [-0.39, 0.29) is 12.4 Å². The maximum Gasteiger partial charge on any atom is 0.314 e. The number of carbonyl (C=O) groups excluding carboxylic acids is 2. The third-order valence-electron chi connectivity index (χ3n) is 5.26. The normalized spacial score (nSPS) is 10.5. The van der Waals surface area contributed by atoms with Crippen molar-refractivity contribution in [1.82, 2.24) is 20.3 Å². The third kappa shape index (κ3) is 4.97. The number of anilines is 2. The van der Waals surface area contributed by atoms with Gasteiger partial charge in [0.1, 0.15) is 11.6 Å². The van der Waals surface area contributed by atoms with Gasteiger partial charge >= 0.3 is 11.8 Å². The molecule has 4 rings (SSSR count). The predicted octanol–water partition coefficient (Wildman–Crippen LogP) is 2.75. The number of aryl methyl sites for hydroxylation is 1. The summed E-state index contributed by atoms with van der Waals surface area (Å²) < 4.78 is 0. The number of rotatable bonds is 5. The van der Waals surface area contributed by atoms with E-state index in [2.05, 4.69) is 31.7 Å². The van der Waals surface area contributed by atoms with E-state index in [9.17, 15) is 9.59 Å². The molecule has 0 aliphatic heterocycles. The molecule has 3 aromatic heterocycles. The van der Waals surface area contributed by atoms with Crippen LogP contribution in [0.25, 0.3) is 22.0 Å². The highest BCUT2D eigenvalue weighted by atomic mass is 16.2. The molecule has 0 unspecified atom stereocenters. The maximum atomic E-state index is 12.3. The van der Waals surface area contributed by atoms with Gasteiger partial charge in [0.15, 0.2) is 0 Å². The van der Waals surface area contributed by atoms with Gasteiger partial charge in [0, 0.05) is 36.1 Å². The van der Waals surface area contributed by atoms with E-state index in [4.69, 9.17) is 11.0 Å². The molecule has 0 fully saturated rings. The first-order valence-electron chi connectivity index (χ1n) is 10.5. The summed E-state index contributed by atoms with van der Waals surface area (Å²) in [4.78, 5) is 37.3. The molecule has 0 saturated carbocycles. The summed E-state index contributed by atoms with van der Waals surface area (Å²) >= 11 is 0. The summed E-state index contributed by atoms with van der Waals surface area (Å²) in [6, 6.07) is 14.5. The number of hydrogen-bond donors (Lipinski definition) is 3. The van der Waals surface area contributed by atoms with Crippen LogP contribution in [0.1, 0.15) is 16.7 Å². The minimum atomic E-state index is -0.831. The van der Waals surface area contributed by atoms with E-state index >= 15 is 0 Å².